The van der Waals surface area contributed by atoms with E-state index in [4.69, 9.17) is 16.0 Å². The molecule has 1 aromatic heterocycles. The molecule has 6 heteroatoms. The molecule has 1 aromatic carbocycles. The smallest absolute Gasteiger partial charge is 0.228 e. The maximum atomic E-state index is 12.2. The maximum Gasteiger partial charge on any atom is 0.228 e. The molecule has 2 atom stereocenters. The quantitative estimate of drug-likeness (QED) is 0.883. The monoisotopic (exact) mass is 332 g/mol. The van der Waals surface area contributed by atoms with Gasteiger partial charge in [0.2, 0.25) is 11.8 Å². The van der Waals surface area contributed by atoms with E-state index in [2.05, 4.69) is 10.6 Å². The summed E-state index contributed by atoms with van der Waals surface area (Å²) >= 11 is 6.04. The molecule has 1 saturated carbocycles. The minimum Gasteiger partial charge on any atom is -0.467 e. The highest BCUT2D eigenvalue weighted by Crippen LogP contribution is 2.40. The van der Waals surface area contributed by atoms with Crippen molar-refractivity contribution >= 4 is 29.1 Å². The minimum absolute atomic E-state index is 0.121. The average molecular weight is 333 g/mol. The Labute approximate surface area is 139 Å². The fourth-order valence-corrected chi connectivity index (χ4v) is 2.64. The van der Waals surface area contributed by atoms with E-state index in [1.165, 1.54) is 0 Å². The number of rotatable bonds is 5. The van der Waals surface area contributed by atoms with Gasteiger partial charge >= 0.3 is 0 Å². The molecule has 0 saturated heterocycles. The first-order valence-electron chi connectivity index (χ1n) is 7.42. The second-order valence-corrected chi connectivity index (χ2v) is 6.05. The molecule has 1 fully saturated rings. The van der Waals surface area contributed by atoms with Crippen LogP contribution in [0.5, 0.6) is 0 Å². The SMILES string of the molecule is Cc1c(Cl)cccc1NC(=O)C1CC1C(=O)NCc1ccco1. The first-order valence-corrected chi connectivity index (χ1v) is 7.80. The van der Waals surface area contributed by atoms with Crippen LogP contribution in [0.15, 0.2) is 41.0 Å². The molecule has 23 heavy (non-hydrogen) atoms. The van der Waals surface area contributed by atoms with Crippen molar-refractivity contribution in [2.75, 3.05) is 5.32 Å². The summed E-state index contributed by atoms with van der Waals surface area (Å²) in [6, 6.07) is 8.91. The van der Waals surface area contributed by atoms with Gasteiger partial charge in [0.1, 0.15) is 5.76 Å². The van der Waals surface area contributed by atoms with Crippen LogP contribution in [0, 0.1) is 18.8 Å². The summed E-state index contributed by atoms with van der Waals surface area (Å²) in [4.78, 5) is 24.3. The van der Waals surface area contributed by atoms with Crippen LogP contribution >= 0.6 is 11.6 Å². The van der Waals surface area contributed by atoms with Gasteiger partial charge in [-0.1, -0.05) is 17.7 Å². The number of furan rings is 1. The highest BCUT2D eigenvalue weighted by atomic mass is 35.5. The van der Waals surface area contributed by atoms with E-state index in [0.717, 1.165) is 5.56 Å². The molecule has 0 bridgehead atoms. The molecular weight excluding hydrogens is 316 g/mol. The van der Waals surface area contributed by atoms with Crippen molar-refractivity contribution in [3.63, 3.8) is 0 Å². The van der Waals surface area contributed by atoms with Crippen LogP contribution in [0.4, 0.5) is 5.69 Å². The summed E-state index contributed by atoms with van der Waals surface area (Å²) in [5.74, 6) is -0.137. The maximum absolute atomic E-state index is 12.2. The lowest BCUT2D eigenvalue weighted by Crippen LogP contribution is -2.27. The lowest BCUT2D eigenvalue weighted by atomic mass is 10.2. The summed E-state index contributed by atoms with van der Waals surface area (Å²) < 4.78 is 5.16. The van der Waals surface area contributed by atoms with Gasteiger partial charge in [-0.25, -0.2) is 0 Å². The lowest BCUT2D eigenvalue weighted by molar-refractivity contribution is -0.125. The number of amides is 2. The molecule has 0 radical (unpaired) electrons. The van der Waals surface area contributed by atoms with Crippen LogP contribution < -0.4 is 10.6 Å². The van der Waals surface area contributed by atoms with Crippen LogP contribution in [0.1, 0.15) is 17.7 Å². The Balaban J connectivity index is 1.52. The van der Waals surface area contributed by atoms with Gasteiger partial charge in [-0.2, -0.15) is 0 Å². The van der Waals surface area contributed by atoms with Crippen molar-refractivity contribution in [1.29, 1.82) is 0 Å². The fourth-order valence-electron chi connectivity index (χ4n) is 2.46. The first-order chi connectivity index (χ1) is 11.1. The van der Waals surface area contributed by atoms with E-state index in [1.807, 2.05) is 6.92 Å². The minimum atomic E-state index is -0.287. The zero-order chi connectivity index (χ0) is 16.4. The number of nitrogens with one attached hydrogen (secondary N) is 2. The Hall–Kier alpha value is -2.27. The Morgan fingerprint density at radius 1 is 1.22 bits per heavy atom. The highest BCUT2D eigenvalue weighted by Gasteiger charge is 2.48. The molecule has 0 spiro atoms. The van der Waals surface area contributed by atoms with Gasteiger partial charge in [0.25, 0.3) is 0 Å². The standard InChI is InChI=1S/C17H17ClN2O3/c1-10-14(18)5-2-6-15(10)20-17(22)13-8-12(13)16(21)19-9-11-4-3-7-23-11/h2-7,12-13H,8-9H2,1H3,(H,19,21)(H,20,22). The Morgan fingerprint density at radius 2 is 2.00 bits per heavy atom. The highest BCUT2D eigenvalue weighted by molar-refractivity contribution is 6.31. The van der Waals surface area contributed by atoms with Crippen molar-refractivity contribution < 1.29 is 14.0 Å². The van der Waals surface area contributed by atoms with E-state index >= 15 is 0 Å². The molecule has 120 valence electrons. The molecule has 2 N–H and O–H groups in total. The summed E-state index contributed by atoms with van der Waals surface area (Å²) in [5.41, 5.74) is 1.51. The third-order valence-electron chi connectivity index (χ3n) is 4.01. The number of halogens is 1. The van der Waals surface area contributed by atoms with Crippen molar-refractivity contribution in [3.05, 3.63) is 52.9 Å². The Morgan fingerprint density at radius 3 is 2.74 bits per heavy atom. The molecule has 0 aliphatic heterocycles. The van der Waals surface area contributed by atoms with E-state index in [9.17, 15) is 9.59 Å². The van der Waals surface area contributed by atoms with Crippen LogP contribution in [0.2, 0.25) is 5.02 Å². The van der Waals surface area contributed by atoms with Gasteiger partial charge < -0.3 is 15.1 Å². The lowest BCUT2D eigenvalue weighted by Gasteiger charge is -2.09. The van der Waals surface area contributed by atoms with Crippen molar-refractivity contribution in [1.82, 2.24) is 5.32 Å². The van der Waals surface area contributed by atoms with Gasteiger partial charge in [0.05, 0.1) is 24.6 Å². The summed E-state index contributed by atoms with van der Waals surface area (Å²) in [6.45, 7) is 2.18. The molecule has 1 heterocycles. The third kappa shape index (κ3) is 3.56. The molecule has 3 rings (SSSR count). The van der Waals surface area contributed by atoms with Gasteiger partial charge in [0, 0.05) is 10.7 Å². The topological polar surface area (TPSA) is 71.3 Å². The zero-order valence-corrected chi connectivity index (χ0v) is 13.4. The molecule has 2 amide bonds. The zero-order valence-electron chi connectivity index (χ0n) is 12.6. The number of carbonyl (C=O) groups excluding carboxylic acids is 2. The van der Waals surface area contributed by atoms with Gasteiger partial charge in [-0.3, -0.25) is 9.59 Å². The van der Waals surface area contributed by atoms with Gasteiger partial charge in [-0.05, 0) is 43.2 Å². The molecular formula is C17H17ClN2O3. The third-order valence-corrected chi connectivity index (χ3v) is 4.42. The average Bonchev–Trinajstić information content (AvgIpc) is 3.17. The summed E-state index contributed by atoms with van der Waals surface area (Å²) in [6.07, 6.45) is 2.12. The Kier molecular flexibility index (Phi) is 4.39. The van der Waals surface area contributed by atoms with Crippen molar-refractivity contribution in [3.8, 4) is 0 Å². The fraction of sp³-hybridized carbons (Fsp3) is 0.294. The number of hydrogen-bond acceptors (Lipinski definition) is 3. The Bertz CT molecular complexity index is 727. The number of anilines is 1. The predicted molar refractivity (Wildman–Crippen MR) is 87.0 cm³/mol. The van der Waals surface area contributed by atoms with Crippen LogP contribution in [0.25, 0.3) is 0 Å². The number of carbonyl (C=O) groups is 2. The second-order valence-electron chi connectivity index (χ2n) is 5.65. The number of hydrogen-bond donors (Lipinski definition) is 2. The van der Waals surface area contributed by atoms with Crippen molar-refractivity contribution in [2.24, 2.45) is 11.8 Å². The van der Waals surface area contributed by atoms with Crippen LogP contribution in [-0.2, 0) is 16.1 Å². The number of benzene rings is 1. The summed E-state index contributed by atoms with van der Waals surface area (Å²) in [5, 5.41) is 6.23. The van der Waals surface area contributed by atoms with Gasteiger partial charge in [-0.15, -0.1) is 0 Å². The molecule has 1 aliphatic rings. The summed E-state index contributed by atoms with van der Waals surface area (Å²) in [7, 11) is 0. The molecule has 2 unspecified atom stereocenters. The molecule has 1 aliphatic carbocycles. The normalized spacial score (nSPS) is 19.2. The van der Waals surface area contributed by atoms with E-state index in [1.54, 1.807) is 36.6 Å². The first kappa shape index (κ1) is 15.6. The molecule has 5 nitrogen and oxygen atoms in total. The molecule has 2 aromatic rings. The van der Waals surface area contributed by atoms with E-state index < -0.39 is 0 Å². The van der Waals surface area contributed by atoms with Gasteiger partial charge in [0.15, 0.2) is 0 Å². The van der Waals surface area contributed by atoms with E-state index in [0.29, 0.717) is 29.4 Å². The van der Waals surface area contributed by atoms with Crippen LogP contribution in [-0.4, -0.2) is 11.8 Å². The predicted octanol–water partition coefficient (Wildman–Crippen LogP) is 3.13. The van der Waals surface area contributed by atoms with Crippen molar-refractivity contribution in [2.45, 2.75) is 19.9 Å². The van der Waals surface area contributed by atoms with E-state index in [-0.39, 0.29) is 23.7 Å². The van der Waals surface area contributed by atoms with Crippen LogP contribution in [0.3, 0.4) is 0 Å². The second kappa shape index (κ2) is 6.46. The largest absolute Gasteiger partial charge is 0.467 e.